The van der Waals surface area contributed by atoms with E-state index in [-0.39, 0.29) is 5.39 Å². The summed E-state index contributed by atoms with van der Waals surface area (Å²) in [4.78, 5) is 8.06. The highest BCUT2D eigenvalue weighted by molar-refractivity contribution is 7.86. The summed E-state index contributed by atoms with van der Waals surface area (Å²) in [6, 6.07) is 3.53. The molecule has 0 amide bonds. The fraction of sp³-hybridized carbons (Fsp3) is 0. The predicted octanol–water partition coefficient (Wildman–Crippen LogP) is 2.62. The number of hydrogen-bond donors (Lipinski definition) is 3. The third-order valence-corrected chi connectivity index (χ3v) is 6.16. The maximum atomic E-state index is 11.8. The zero-order valence-corrected chi connectivity index (χ0v) is 18.0. The molecule has 0 fully saturated rings. The summed E-state index contributed by atoms with van der Waals surface area (Å²) in [5.74, 6) is -1.81. The number of nitro groups is 1. The van der Waals surface area contributed by atoms with Crippen LogP contribution in [0.25, 0.3) is 10.8 Å². The van der Waals surface area contributed by atoms with Crippen molar-refractivity contribution in [3.8, 4) is 11.5 Å². The third kappa shape index (κ3) is 4.64. The number of nitro benzene ring substituents is 1. The van der Waals surface area contributed by atoms with Crippen LogP contribution >= 0.6 is 11.6 Å². The molecule has 33 heavy (non-hydrogen) atoms. The summed E-state index contributed by atoms with van der Waals surface area (Å²) < 4.78 is 69.1. The molecule has 0 saturated heterocycles. The van der Waals surface area contributed by atoms with Gasteiger partial charge in [0.2, 0.25) is 0 Å². The van der Waals surface area contributed by atoms with Crippen LogP contribution in [-0.2, 0) is 20.2 Å². The van der Waals surface area contributed by atoms with E-state index >= 15 is 0 Å². The molecule has 0 aliphatic heterocycles. The Morgan fingerprint density at radius 3 is 2.12 bits per heavy atom. The number of benzene rings is 3. The number of phenols is 2. The van der Waals surface area contributed by atoms with Crippen LogP contribution in [-0.4, -0.2) is 41.1 Å². The van der Waals surface area contributed by atoms with Crippen LogP contribution in [0.3, 0.4) is 0 Å². The number of nitrogen functional groups attached to an aromatic ring is 1. The summed E-state index contributed by atoms with van der Waals surface area (Å²) >= 11 is 5.69. The Balaban J connectivity index is 2.35. The molecule has 0 radical (unpaired) electrons. The Hall–Kier alpha value is -3.57. The predicted molar refractivity (Wildman–Crippen MR) is 110 cm³/mol. The molecule has 3 rings (SSSR count). The first-order valence-corrected chi connectivity index (χ1v) is 11.4. The van der Waals surface area contributed by atoms with Crippen molar-refractivity contribution in [3.05, 3.63) is 45.5 Å². The van der Waals surface area contributed by atoms with Gasteiger partial charge in [0.25, 0.3) is 5.69 Å². The maximum absolute atomic E-state index is 11.8. The highest BCUT2D eigenvalue weighted by Gasteiger charge is 2.21. The summed E-state index contributed by atoms with van der Waals surface area (Å²) in [5.41, 5.74) is 3.03. The lowest BCUT2D eigenvalue weighted by atomic mass is 10.1. The first kappa shape index (κ1) is 24.1. The standard InChI is InChI=1S/C16H11ClN4O10S2/c17-9-3-7(21(24)25)4-11(15(9)22)19-20-14-12(33(29,30)31)2-6-1-8(32(26,27)28)5-10(18)13(6)16(14)23/h1-5,22-23H,18H2,(H,26,27,28)(H,29,30,31)/p-2. The largest absolute Gasteiger partial charge is 0.744 e. The minimum Gasteiger partial charge on any atom is -0.744 e. The summed E-state index contributed by atoms with van der Waals surface area (Å²) in [6.45, 7) is 0. The Labute approximate surface area is 189 Å². The highest BCUT2D eigenvalue weighted by atomic mass is 35.5. The van der Waals surface area contributed by atoms with Crippen molar-refractivity contribution in [2.75, 3.05) is 5.73 Å². The molecule has 3 aromatic rings. The average molecular weight is 517 g/mol. The van der Waals surface area contributed by atoms with Crippen LogP contribution in [0.5, 0.6) is 11.5 Å². The monoisotopic (exact) mass is 516 g/mol. The van der Waals surface area contributed by atoms with Crippen molar-refractivity contribution < 1.29 is 41.1 Å². The molecule has 0 bridgehead atoms. The number of anilines is 1. The lowest BCUT2D eigenvalue weighted by Gasteiger charge is -2.16. The Morgan fingerprint density at radius 2 is 1.58 bits per heavy atom. The molecule has 0 spiro atoms. The van der Waals surface area contributed by atoms with Gasteiger partial charge in [0, 0.05) is 23.2 Å². The number of fused-ring (bicyclic) bond motifs is 1. The van der Waals surface area contributed by atoms with E-state index < -0.39 is 79.6 Å². The summed E-state index contributed by atoms with van der Waals surface area (Å²) in [6.07, 6.45) is 0. The molecule has 4 N–H and O–H groups in total. The van der Waals surface area contributed by atoms with Gasteiger partial charge in [0.15, 0.2) is 11.5 Å². The second-order valence-corrected chi connectivity index (χ2v) is 9.48. The number of halogens is 1. The van der Waals surface area contributed by atoms with Crippen molar-refractivity contribution in [2.45, 2.75) is 9.79 Å². The topological polar surface area (TPSA) is 249 Å². The molecule has 0 aromatic heterocycles. The van der Waals surface area contributed by atoms with Gasteiger partial charge in [-0.05, 0) is 23.6 Å². The smallest absolute Gasteiger partial charge is 0.273 e. The van der Waals surface area contributed by atoms with Gasteiger partial charge in [-0.2, -0.15) is 0 Å². The number of nitrogens with two attached hydrogens (primary N) is 1. The van der Waals surface area contributed by atoms with Crippen molar-refractivity contribution >= 4 is 65.4 Å². The maximum Gasteiger partial charge on any atom is 0.273 e. The second kappa shape index (κ2) is 8.09. The van der Waals surface area contributed by atoms with Crippen LogP contribution in [0.4, 0.5) is 22.7 Å². The fourth-order valence-corrected chi connectivity index (χ4v) is 4.18. The molecule has 174 valence electrons. The van der Waals surface area contributed by atoms with Gasteiger partial charge in [0.05, 0.1) is 19.7 Å². The van der Waals surface area contributed by atoms with Crippen LogP contribution in [0.15, 0.2) is 50.4 Å². The van der Waals surface area contributed by atoms with Gasteiger partial charge in [-0.15, -0.1) is 10.2 Å². The molecule has 0 aliphatic rings. The fourth-order valence-electron chi connectivity index (χ4n) is 2.78. The first-order chi connectivity index (χ1) is 15.1. The molecule has 3 aromatic carbocycles. The summed E-state index contributed by atoms with van der Waals surface area (Å²) in [5, 5.41) is 37.1. The van der Waals surface area contributed by atoms with Crippen LogP contribution < -0.4 is 5.73 Å². The number of azo groups is 1. The van der Waals surface area contributed by atoms with E-state index in [1.807, 2.05) is 0 Å². The molecule has 0 atom stereocenters. The van der Waals surface area contributed by atoms with Gasteiger partial charge in [-0.3, -0.25) is 10.1 Å². The molecular formula is C16H9ClN4O10S2-2. The van der Waals surface area contributed by atoms with Gasteiger partial charge < -0.3 is 25.1 Å². The minimum atomic E-state index is -5.38. The van der Waals surface area contributed by atoms with E-state index in [0.29, 0.717) is 18.2 Å². The molecule has 14 nitrogen and oxygen atoms in total. The summed E-state index contributed by atoms with van der Waals surface area (Å²) in [7, 11) is -10.4. The minimum absolute atomic E-state index is 0.370. The van der Waals surface area contributed by atoms with Crippen molar-refractivity contribution in [2.24, 2.45) is 10.2 Å². The second-order valence-electron chi connectivity index (χ2n) is 6.34. The van der Waals surface area contributed by atoms with Gasteiger partial charge in [0.1, 0.15) is 31.6 Å². The molecule has 0 aliphatic carbocycles. The Bertz CT molecular complexity index is 1590. The molecule has 0 unspecified atom stereocenters. The first-order valence-electron chi connectivity index (χ1n) is 8.21. The van der Waals surface area contributed by atoms with E-state index in [0.717, 1.165) is 12.1 Å². The zero-order valence-electron chi connectivity index (χ0n) is 15.7. The van der Waals surface area contributed by atoms with Crippen molar-refractivity contribution in [1.29, 1.82) is 0 Å². The van der Waals surface area contributed by atoms with E-state index in [2.05, 4.69) is 10.2 Å². The zero-order chi connectivity index (χ0) is 24.9. The number of hydrogen-bond acceptors (Lipinski definition) is 13. The van der Waals surface area contributed by atoms with E-state index in [4.69, 9.17) is 17.3 Å². The number of aromatic hydroxyl groups is 2. The number of rotatable bonds is 5. The van der Waals surface area contributed by atoms with E-state index in [1.54, 1.807) is 0 Å². The van der Waals surface area contributed by atoms with E-state index in [9.17, 15) is 46.3 Å². The van der Waals surface area contributed by atoms with Crippen LogP contribution in [0.1, 0.15) is 0 Å². The number of nitrogens with zero attached hydrogens (tertiary/aromatic N) is 3. The van der Waals surface area contributed by atoms with Gasteiger partial charge in [-0.1, -0.05) is 11.6 Å². The van der Waals surface area contributed by atoms with Gasteiger partial charge >= 0.3 is 0 Å². The average Bonchev–Trinajstić information content (AvgIpc) is 2.67. The lowest BCUT2D eigenvalue weighted by Crippen LogP contribution is -2.03. The SMILES string of the molecule is Nc1cc(S(=O)(=O)[O-])cc2cc(S(=O)(=O)[O-])c(N=Nc3cc([N+](=O)[O-])cc(Cl)c3O)c(O)c12. The molecule has 17 heteroatoms. The number of phenolic OH excluding ortho intramolecular Hbond substituents is 2. The van der Waals surface area contributed by atoms with Crippen LogP contribution in [0, 0.1) is 10.1 Å². The molecule has 0 saturated carbocycles. The van der Waals surface area contributed by atoms with Crippen LogP contribution in [0.2, 0.25) is 5.02 Å². The third-order valence-electron chi connectivity index (χ3n) is 4.21. The Kier molecular flexibility index (Phi) is 5.90. The normalized spacial score (nSPS) is 12.5. The van der Waals surface area contributed by atoms with Crippen molar-refractivity contribution in [3.63, 3.8) is 0 Å². The van der Waals surface area contributed by atoms with E-state index in [1.165, 1.54) is 0 Å². The molecule has 0 heterocycles. The quantitative estimate of drug-likeness (QED) is 0.146. The van der Waals surface area contributed by atoms with Gasteiger partial charge in [-0.25, -0.2) is 16.8 Å². The van der Waals surface area contributed by atoms with Crippen molar-refractivity contribution in [1.82, 2.24) is 0 Å². The lowest BCUT2D eigenvalue weighted by molar-refractivity contribution is -0.384. The molecular weight excluding hydrogens is 508 g/mol. The Morgan fingerprint density at radius 1 is 0.939 bits per heavy atom. The highest BCUT2D eigenvalue weighted by Crippen LogP contribution is 2.45. The number of non-ortho nitro benzene ring substituents is 1.